The standard InChI is InChI=1S/C14H14BrN3O/c1-18(10-13-4-2-3-9-16-13)14(19)17-12-7-5-11(15)6-8-12/h2-9H,10H2,1H3,(H,17,19). The highest BCUT2D eigenvalue weighted by Gasteiger charge is 2.09. The molecule has 1 heterocycles. The van der Waals surface area contributed by atoms with E-state index in [9.17, 15) is 4.79 Å². The van der Waals surface area contributed by atoms with Crippen molar-refractivity contribution in [3.05, 3.63) is 58.8 Å². The summed E-state index contributed by atoms with van der Waals surface area (Å²) in [6.45, 7) is 0.475. The zero-order valence-electron chi connectivity index (χ0n) is 10.5. The second kappa shape index (κ2) is 6.33. The summed E-state index contributed by atoms with van der Waals surface area (Å²) >= 11 is 3.35. The molecule has 1 aromatic heterocycles. The van der Waals surface area contributed by atoms with Gasteiger partial charge < -0.3 is 10.2 Å². The summed E-state index contributed by atoms with van der Waals surface area (Å²) in [5.74, 6) is 0. The molecular weight excluding hydrogens is 306 g/mol. The molecule has 19 heavy (non-hydrogen) atoms. The summed E-state index contributed by atoms with van der Waals surface area (Å²) in [5, 5.41) is 2.83. The minimum absolute atomic E-state index is 0.159. The summed E-state index contributed by atoms with van der Waals surface area (Å²) in [6, 6.07) is 12.9. The Balaban J connectivity index is 1.94. The average Bonchev–Trinajstić information content (AvgIpc) is 2.42. The molecule has 2 rings (SSSR count). The van der Waals surface area contributed by atoms with Crippen molar-refractivity contribution in [3.8, 4) is 0 Å². The van der Waals surface area contributed by atoms with Gasteiger partial charge in [-0.15, -0.1) is 0 Å². The van der Waals surface area contributed by atoms with E-state index in [2.05, 4.69) is 26.2 Å². The number of carbonyl (C=O) groups is 1. The van der Waals surface area contributed by atoms with Crippen LogP contribution in [0.3, 0.4) is 0 Å². The van der Waals surface area contributed by atoms with E-state index in [1.54, 1.807) is 18.1 Å². The van der Waals surface area contributed by atoms with Crippen molar-refractivity contribution in [1.29, 1.82) is 0 Å². The van der Waals surface area contributed by atoms with E-state index in [-0.39, 0.29) is 6.03 Å². The van der Waals surface area contributed by atoms with Gasteiger partial charge in [0, 0.05) is 23.4 Å². The summed E-state index contributed by atoms with van der Waals surface area (Å²) in [7, 11) is 1.74. The molecule has 0 spiro atoms. The molecule has 2 aromatic rings. The number of nitrogens with one attached hydrogen (secondary N) is 1. The van der Waals surface area contributed by atoms with Gasteiger partial charge in [0.1, 0.15) is 0 Å². The van der Waals surface area contributed by atoms with Gasteiger partial charge in [-0.2, -0.15) is 0 Å². The molecule has 0 bridgehead atoms. The zero-order valence-corrected chi connectivity index (χ0v) is 12.1. The molecule has 98 valence electrons. The van der Waals surface area contributed by atoms with Crippen LogP contribution in [0.5, 0.6) is 0 Å². The molecule has 0 saturated carbocycles. The van der Waals surface area contributed by atoms with Crippen molar-refractivity contribution >= 4 is 27.6 Å². The van der Waals surface area contributed by atoms with E-state index in [1.165, 1.54) is 0 Å². The van der Waals surface area contributed by atoms with Crippen LogP contribution in [0.15, 0.2) is 53.1 Å². The van der Waals surface area contributed by atoms with Gasteiger partial charge in [0.2, 0.25) is 0 Å². The van der Waals surface area contributed by atoms with Gasteiger partial charge in [0.25, 0.3) is 0 Å². The van der Waals surface area contributed by atoms with Crippen molar-refractivity contribution in [3.63, 3.8) is 0 Å². The second-order valence-electron chi connectivity index (χ2n) is 4.11. The normalized spacial score (nSPS) is 10.0. The number of carbonyl (C=O) groups excluding carboxylic acids is 1. The molecule has 1 aromatic carbocycles. The van der Waals surface area contributed by atoms with Crippen LogP contribution < -0.4 is 5.32 Å². The summed E-state index contributed by atoms with van der Waals surface area (Å²) in [6.07, 6.45) is 1.72. The van der Waals surface area contributed by atoms with Gasteiger partial charge in [0.15, 0.2) is 0 Å². The number of hydrogen-bond donors (Lipinski definition) is 1. The molecule has 0 radical (unpaired) electrons. The number of urea groups is 1. The number of anilines is 1. The van der Waals surface area contributed by atoms with E-state index >= 15 is 0 Å². The van der Waals surface area contributed by atoms with Crippen molar-refractivity contribution in [2.45, 2.75) is 6.54 Å². The van der Waals surface area contributed by atoms with Crippen LogP contribution in [0.4, 0.5) is 10.5 Å². The lowest BCUT2D eigenvalue weighted by Gasteiger charge is -2.17. The van der Waals surface area contributed by atoms with Crippen LogP contribution in [0, 0.1) is 0 Å². The Hall–Kier alpha value is -1.88. The van der Waals surface area contributed by atoms with Crippen molar-refractivity contribution < 1.29 is 4.79 Å². The minimum Gasteiger partial charge on any atom is -0.322 e. The van der Waals surface area contributed by atoms with E-state index in [1.807, 2.05) is 42.5 Å². The predicted molar refractivity (Wildman–Crippen MR) is 78.9 cm³/mol. The molecule has 0 fully saturated rings. The predicted octanol–water partition coefficient (Wildman–Crippen LogP) is 3.51. The number of benzene rings is 1. The Labute approximate surface area is 120 Å². The van der Waals surface area contributed by atoms with Crippen molar-refractivity contribution in [2.24, 2.45) is 0 Å². The molecule has 0 aliphatic rings. The number of halogens is 1. The fraction of sp³-hybridized carbons (Fsp3) is 0.143. The topological polar surface area (TPSA) is 45.2 Å². The lowest BCUT2D eigenvalue weighted by molar-refractivity contribution is 0.220. The van der Waals surface area contributed by atoms with Crippen LogP contribution in [0.1, 0.15) is 5.69 Å². The van der Waals surface area contributed by atoms with Gasteiger partial charge in [0.05, 0.1) is 12.2 Å². The zero-order chi connectivity index (χ0) is 13.7. The maximum atomic E-state index is 12.0. The number of amides is 2. The summed E-state index contributed by atoms with van der Waals surface area (Å²) < 4.78 is 0.979. The van der Waals surface area contributed by atoms with Gasteiger partial charge in [-0.1, -0.05) is 22.0 Å². The molecule has 0 aliphatic heterocycles. The molecule has 0 saturated heterocycles. The van der Waals surface area contributed by atoms with Gasteiger partial charge in [-0.05, 0) is 36.4 Å². The Bertz CT molecular complexity index is 542. The highest BCUT2D eigenvalue weighted by Crippen LogP contribution is 2.14. The first-order chi connectivity index (χ1) is 9.15. The first kappa shape index (κ1) is 13.5. The third-order valence-electron chi connectivity index (χ3n) is 2.57. The third kappa shape index (κ3) is 4.06. The fourth-order valence-corrected chi connectivity index (χ4v) is 1.82. The van der Waals surface area contributed by atoms with Crippen molar-refractivity contribution in [2.75, 3.05) is 12.4 Å². The van der Waals surface area contributed by atoms with E-state index < -0.39 is 0 Å². The molecule has 5 heteroatoms. The maximum absolute atomic E-state index is 12.0. The first-order valence-corrected chi connectivity index (χ1v) is 6.62. The van der Waals surface area contributed by atoms with Crippen LogP contribution in [-0.2, 0) is 6.54 Å². The van der Waals surface area contributed by atoms with Crippen molar-refractivity contribution in [1.82, 2.24) is 9.88 Å². The smallest absolute Gasteiger partial charge is 0.321 e. The Morgan fingerprint density at radius 2 is 2.00 bits per heavy atom. The highest BCUT2D eigenvalue weighted by molar-refractivity contribution is 9.10. The van der Waals surface area contributed by atoms with E-state index in [0.29, 0.717) is 6.54 Å². The minimum atomic E-state index is -0.159. The number of hydrogen-bond acceptors (Lipinski definition) is 2. The van der Waals surface area contributed by atoms with Gasteiger partial charge in [-0.3, -0.25) is 4.98 Å². The third-order valence-corrected chi connectivity index (χ3v) is 3.10. The largest absolute Gasteiger partial charge is 0.322 e. The number of aromatic nitrogens is 1. The van der Waals surface area contributed by atoms with E-state index in [0.717, 1.165) is 15.9 Å². The molecule has 0 aliphatic carbocycles. The number of rotatable bonds is 3. The Morgan fingerprint density at radius 1 is 1.26 bits per heavy atom. The monoisotopic (exact) mass is 319 g/mol. The second-order valence-corrected chi connectivity index (χ2v) is 5.03. The molecule has 1 N–H and O–H groups in total. The fourth-order valence-electron chi connectivity index (χ4n) is 1.56. The maximum Gasteiger partial charge on any atom is 0.321 e. The van der Waals surface area contributed by atoms with Crippen LogP contribution in [0.2, 0.25) is 0 Å². The molecular formula is C14H14BrN3O. The highest BCUT2D eigenvalue weighted by atomic mass is 79.9. The average molecular weight is 320 g/mol. The molecule has 0 atom stereocenters. The SMILES string of the molecule is CN(Cc1ccccn1)C(=O)Nc1ccc(Br)cc1. The Morgan fingerprint density at radius 3 is 2.63 bits per heavy atom. The molecule has 2 amide bonds. The lowest BCUT2D eigenvalue weighted by atomic mass is 10.3. The molecule has 4 nitrogen and oxygen atoms in total. The Kier molecular flexibility index (Phi) is 4.52. The number of pyridine rings is 1. The summed E-state index contributed by atoms with van der Waals surface area (Å²) in [4.78, 5) is 17.8. The van der Waals surface area contributed by atoms with Crippen LogP contribution in [-0.4, -0.2) is 23.0 Å². The molecule has 0 unspecified atom stereocenters. The van der Waals surface area contributed by atoms with Crippen LogP contribution in [0.25, 0.3) is 0 Å². The number of nitrogens with zero attached hydrogens (tertiary/aromatic N) is 2. The van der Waals surface area contributed by atoms with Crippen LogP contribution >= 0.6 is 15.9 Å². The van der Waals surface area contributed by atoms with E-state index in [4.69, 9.17) is 0 Å². The first-order valence-electron chi connectivity index (χ1n) is 5.83. The van der Waals surface area contributed by atoms with Gasteiger partial charge >= 0.3 is 6.03 Å². The summed E-state index contributed by atoms with van der Waals surface area (Å²) in [5.41, 5.74) is 1.62. The lowest BCUT2D eigenvalue weighted by Crippen LogP contribution is -2.31. The van der Waals surface area contributed by atoms with Gasteiger partial charge in [-0.25, -0.2) is 4.79 Å². The quantitative estimate of drug-likeness (QED) is 0.941.